The van der Waals surface area contributed by atoms with Gasteiger partial charge < -0.3 is 14.5 Å². The molecule has 2 aliphatic rings. The molecule has 0 saturated carbocycles. The molecule has 2 rings (SSSR count). The van der Waals surface area contributed by atoms with Gasteiger partial charge in [0.05, 0.1) is 0 Å². The van der Waals surface area contributed by atoms with Crippen molar-refractivity contribution in [1.82, 2.24) is 9.80 Å². The van der Waals surface area contributed by atoms with E-state index >= 15 is 0 Å². The minimum absolute atomic E-state index is 0.224. The molecule has 2 aliphatic heterocycles. The second-order valence-electron chi connectivity index (χ2n) is 9.44. The molecule has 2 heterocycles. The second-order valence-corrected chi connectivity index (χ2v) is 9.44. The predicted molar refractivity (Wildman–Crippen MR) is 104 cm³/mol. The van der Waals surface area contributed by atoms with Gasteiger partial charge in [0.2, 0.25) is 5.91 Å². The molecule has 5 nitrogen and oxygen atoms in total. The molecule has 0 radical (unpaired) electrons. The van der Waals surface area contributed by atoms with Crippen molar-refractivity contribution in [3.05, 3.63) is 0 Å². The van der Waals surface area contributed by atoms with Crippen molar-refractivity contribution in [1.29, 1.82) is 0 Å². The van der Waals surface area contributed by atoms with Crippen molar-refractivity contribution in [2.75, 3.05) is 26.2 Å². The van der Waals surface area contributed by atoms with E-state index in [0.29, 0.717) is 24.2 Å². The van der Waals surface area contributed by atoms with Gasteiger partial charge >= 0.3 is 6.09 Å². The van der Waals surface area contributed by atoms with Crippen LogP contribution >= 0.6 is 0 Å². The summed E-state index contributed by atoms with van der Waals surface area (Å²) >= 11 is 0. The molecule has 0 spiro atoms. The summed E-state index contributed by atoms with van der Waals surface area (Å²) in [7, 11) is 0. The van der Waals surface area contributed by atoms with Crippen LogP contribution < -0.4 is 0 Å². The maximum absolute atomic E-state index is 12.6. The van der Waals surface area contributed by atoms with Crippen LogP contribution in [-0.2, 0) is 9.53 Å². The zero-order chi connectivity index (χ0) is 19.3. The van der Waals surface area contributed by atoms with Crippen molar-refractivity contribution in [2.24, 2.45) is 17.8 Å². The highest BCUT2D eigenvalue weighted by Gasteiger charge is 2.30. The Labute approximate surface area is 159 Å². The van der Waals surface area contributed by atoms with Crippen molar-refractivity contribution in [3.63, 3.8) is 0 Å². The quantitative estimate of drug-likeness (QED) is 0.745. The highest BCUT2D eigenvalue weighted by atomic mass is 16.6. The maximum Gasteiger partial charge on any atom is 0.410 e. The molecular weight excluding hydrogens is 328 g/mol. The average molecular weight is 367 g/mol. The van der Waals surface area contributed by atoms with Crippen LogP contribution in [0.1, 0.15) is 73.1 Å². The van der Waals surface area contributed by atoms with Crippen LogP contribution in [-0.4, -0.2) is 53.6 Å². The monoisotopic (exact) mass is 366 g/mol. The molecule has 0 aromatic rings. The minimum Gasteiger partial charge on any atom is -0.444 e. The van der Waals surface area contributed by atoms with Gasteiger partial charge in [-0.05, 0) is 70.6 Å². The largest absolute Gasteiger partial charge is 0.444 e. The third kappa shape index (κ3) is 6.48. The van der Waals surface area contributed by atoms with Gasteiger partial charge in [-0.2, -0.15) is 0 Å². The van der Waals surface area contributed by atoms with E-state index in [1.54, 1.807) is 4.90 Å². The second kappa shape index (κ2) is 9.09. The van der Waals surface area contributed by atoms with E-state index in [0.717, 1.165) is 57.8 Å². The van der Waals surface area contributed by atoms with Gasteiger partial charge in [-0.25, -0.2) is 4.79 Å². The van der Waals surface area contributed by atoms with Gasteiger partial charge in [0.25, 0.3) is 0 Å². The van der Waals surface area contributed by atoms with Crippen molar-refractivity contribution in [3.8, 4) is 0 Å². The van der Waals surface area contributed by atoms with E-state index in [4.69, 9.17) is 4.74 Å². The van der Waals surface area contributed by atoms with E-state index < -0.39 is 5.60 Å². The van der Waals surface area contributed by atoms with Crippen LogP contribution in [0.25, 0.3) is 0 Å². The number of carbonyl (C=O) groups excluding carboxylic acids is 2. The van der Waals surface area contributed by atoms with Crippen LogP contribution in [0, 0.1) is 17.8 Å². The summed E-state index contributed by atoms with van der Waals surface area (Å²) in [6.07, 6.45) is 5.75. The van der Waals surface area contributed by atoms with Gasteiger partial charge in [0.1, 0.15) is 5.60 Å². The number of amides is 2. The number of carbonyl (C=O) groups is 2. The lowest BCUT2D eigenvalue weighted by Crippen LogP contribution is -2.35. The number of hydrogen-bond donors (Lipinski definition) is 0. The van der Waals surface area contributed by atoms with Crippen molar-refractivity contribution < 1.29 is 14.3 Å². The Hall–Kier alpha value is -1.26. The average Bonchev–Trinajstić information content (AvgIpc) is 2.86. The van der Waals surface area contributed by atoms with Gasteiger partial charge in [0, 0.05) is 32.6 Å². The summed E-state index contributed by atoms with van der Waals surface area (Å²) in [6.45, 7) is 13.5. The SMILES string of the molecule is CC(C)C1CCCN(C(=O)CCC2CCN(C(=O)OC(C)(C)C)C2)CC1. The first kappa shape index (κ1) is 21.0. The molecule has 0 aromatic carbocycles. The summed E-state index contributed by atoms with van der Waals surface area (Å²) in [5, 5.41) is 0. The minimum atomic E-state index is -0.453. The molecule has 2 unspecified atom stereocenters. The topological polar surface area (TPSA) is 49.9 Å². The third-order valence-electron chi connectivity index (χ3n) is 5.77. The zero-order valence-corrected chi connectivity index (χ0v) is 17.4. The summed E-state index contributed by atoms with van der Waals surface area (Å²) in [5.74, 6) is 2.18. The third-order valence-corrected chi connectivity index (χ3v) is 5.77. The predicted octanol–water partition coefficient (Wildman–Crippen LogP) is 4.31. The van der Waals surface area contributed by atoms with Gasteiger partial charge in [0.15, 0.2) is 0 Å². The zero-order valence-electron chi connectivity index (χ0n) is 17.4. The molecule has 2 saturated heterocycles. The number of ether oxygens (including phenoxy) is 1. The Morgan fingerprint density at radius 3 is 2.38 bits per heavy atom. The lowest BCUT2D eigenvalue weighted by Gasteiger charge is -2.24. The van der Waals surface area contributed by atoms with Crippen molar-refractivity contribution in [2.45, 2.75) is 78.7 Å². The lowest BCUT2D eigenvalue weighted by atomic mass is 9.89. The fourth-order valence-electron chi connectivity index (χ4n) is 4.08. The molecule has 0 bridgehead atoms. The van der Waals surface area contributed by atoms with Gasteiger partial charge in [-0.15, -0.1) is 0 Å². The van der Waals surface area contributed by atoms with E-state index in [1.165, 1.54) is 6.42 Å². The molecule has 2 fully saturated rings. The fourth-order valence-corrected chi connectivity index (χ4v) is 4.08. The number of nitrogens with zero attached hydrogens (tertiary/aromatic N) is 2. The molecule has 26 heavy (non-hydrogen) atoms. The van der Waals surface area contributed by atoms with Crippen LogP contribution in [0.4, 0.5) is 4.79 Å². The molecule has 2 atom stereocenters. The number of hydrogen-bond acceptors (Lipinski definition) is 3. The van der Waals surface area contributed by atoms with Crippen LogP contribution in [0.3, 0.4) is 0 Å². The molecule has 0 aromatic heterocycles. The number of likely N-dealkylation sites (tertiary alicyclic amines) is 2. The van der Waals surface area contributed by atoms with Gasteiger partial charge in [-0.3, -0.25) is 4.79 Å². The lowest BCUT2D eigenvalue weighted by molar-refractivity contribution is -0.131. The van der Waals surface area contributed by atoms with E-state index in [2.05, 4.69) is 18.7 Å². The molecule has 5 heteroatoms. The summed E-state index contributed by atoms with van der Waals surface area (Å²) < 4.78 is 5.45. The Morgan fingerprint density at radius 1 is 1.04 bits per heavy atom. The van der Waals surface area contributed by atoms with E-state index in [1.807, 2.05) is 20.8 Å². The van der Waals surface area contributed by atoms with E-state index in [-0.39, 0.29) is 6.09 Å². The Kier molecular flexibility index (Phi) is 7.36. The fraction of sp³-hybridized carbons (Fsp3) is 0.905. The molecule has 0 N–H and O–H groups in total. The molecule has 150 valence electrons. The normalized spacial score (nSPS) is 24.7. The maximum atomic E-state index is 12.6. The first-order valence-electron chi connectivity index (χ1n) is 10.4. The Bertz CT molecular complexity index is 484. The standard InChI is InChI=1S/C21H38N2O3/c1-16(2)18-7-6-12-22(14-11-18)19(24)9-8-17-10-13-23(15-17)20(25)26-21(3,4)5/h16-18H,6-15H2,1-5H3. The Morgan fingerprint density at radius 2 is 1.73 bits per heavy atom. The van der Waals surface area contributed by atoms with Crippen LogP contribution in [0.15, 0.2) is 0 Å². The van der Waals surface area contributed by atoms with Crippen molar-refractivity contribution >= 4 is 12.0 Å². The van der Waals surface area contributed by atoms with Crippen LogP contribution in [0.2, 0.25) is 0 Å². The summed E-state index contributed by atoms with van der Waals surface area (Å²) in [4.78, 5) is 28.6. The van der Waals surface area contributed by atoms with E-state index in [9.17, 15) is 9.59 Å². The molecule has 0 aliphatic carbocycles. The first-order chi connectivity index (χ1) is 12.2. The highest BCUT2D eigenvalue weighted by Crippen LogP contribution is 2.26. The Balaban J connectivity index is 1.72. The summed E-state index contributed by atoms with van der Waals surface area (Å²) in [5.41, 5.74) is -0.453. The van der Waals surface area contributed by atoms with Gasteiger partial charge in [-0.1, -0.05) is 13.8 Å². The first-order valence-corrected chi connectivity index (χ1v) is 10.4. The summed E-state index contributed by atoms with van der Waals surface area (Å²) in [6, 6.07) is 0. The van der Waals surface area contributed by atoms with Crippen LogP contribution in [0.5, 0.6) is 0 Å². The number of rotatable bonds is 4. The highest BCUT2D eigenvalue weighted by molar-refractivity contribution is 5.76. The molecule has 2 amide bonds. The smallest absolute Gasteiger partial charge is 0.410 e. The molecular formula is C21H38N2O3.